The van der Waals surface area contributed by atoms with E-state index in [4.69, 9.17) is 0 Å². The zero-order chi connectivity index (χ0) is 67.2. The normalized spacial score (nSPS) is 13.1. The molecule has 0 N–H and O–H groups in total. The van der Waals surface area contributed by atoms with Gasteiger partial charge in [-0.2, -0.15) is 10.5 Å². The van der Waals surface area contributed by atoms with Crippen molar-refractivity contribution >= 4 is 101 Å². The molecule has 470 valence electrons. The van der Waals surface area contributed by atoms with Crippen molar-refractivity contribution in [3.8, 4) is 56.9 Å². The first-order valence-electron chi connectivity index (χ1n) is 34.0. The molecule has 0 aliphatic carbocycles. The van der Waals surface area contributed by atoms with Gasteiger partial charge in [-0.15, -0.1) is 0 Å². The van der Waals surface area contributed by atoms with Gasteiger partial charge in [0.1, 0.15) is 12.1 Å². The van der Waals surface area contributed by atoms with Crippen molar-refractivity contribution < 1.29 is 0 Å². The van der Waals surface area contributed by atoms with Crippen LogP contribution in [0.5, 0.6) is 0 Å². The Morgan fingerprint density at radius 1 is 0.299 bits per heavy atom. The number of nitrogens with zero attached hydrogens (tertiary/aromatic N) is 6. The summed E-state index contributed by atoms with van der Waals surface area (Å²) in [5.74, 6) is 0. The van der Waals surface area contributed by atoms with E-state index in [1.54, 1.807) is 0 Å². The molecule has 0 atom stereocenters. The maximum atomic E-state index is 11.5. The van der Waals surface area contributed by atoms with Crippen LogP contribution in [0.4, 0.5) is 34.1 Å². The van der Waals surface area contributed by atoms with Crippen molar-refractivity contribution in [3.05, 3.63) is 282 Å². The summed E-state index contributed by atoms with van der Waals surface area (Å²) >= 11 is 0. The predicted molar refractivity (Wildman–Crippen MR) is 410 cm³/mol. The predicted octanol–water partition coefficient (Wildman–Crippen LogP) is 21.9. The molecule has 7 heteroatoms. The Morgan fingerprint density at radius 3 is 1.11 bits per heavy atom. The van der Waals surface area contributed by atoms with Gasteiger partial charge in [-0.05, 0) is 185 Å². The second-order valence-electron chi connectivity index (χ2n) is 30.8. The minimum atomic E-state index is -0.350. The van der Waals surface area contributed by atoms with Crippen LogP contribution in [0.1, 0.15) is 116 Å². The van der Waals surface area contributed by atoms with Gasteiger partial charge in [0.15, 0.2) is 0 Å². The molecule has 2 aliphatic rings. The van der Waals surface area contributed by atoms with E-state index in [9.17, 15) is 10.5 Å². The summed E-state index contributed by atoms with van der Waals surface area (Å²) in [7, 11) is 0. The van der Waals surface area contributed by atoms with E-state index in [1.807, 2.05) is 0 Å². The third-order valence-electron chi connectivity index (χ3n) is 20.6. The molecule has 0 fully saturated rings. The van der Waals surface area contributed by atoms with Gasteiger partial charge in [0.25, 0.3) is 6.71 Å². The first-order chi connectivity index (χ1) is 46.6. The van der Waals surface area contributed by atoms with E-state index in [2.05, 4.69) is 363 Å². The lowest BCUT2D eigenvalue weighted by Gasteiger charge is -2.44. The van der Waals surface area contributed by atoms with Crippen LogP contribution < -0.4 is 26.2 Å². The van der Waals surface area contributed by atoms with Crippen molar-refractivity contribution in [2.24, 2.45) is 0 Å². The third kappa shape index (κ3) is 9.89. The molecule has 14 aromatic rings. The Bertz CT molecular complexity index is 5460. The van der Waals surface area contributed by atoms with Gasteiger partial charge >= 0.3 is 0 Å². The van der Waals surface area contributed by atoms with Crippen LogP contribution in [-0.4, -0.2) is 15.8 Å². The molecule has 2 aromatic heterocycles. The van der Waals surface area contributed by atoms with Crippen LogP contribution >= 0.6 is 0 Å². The lowest BCUT2D eigenvalue weighted by atomic mass is 9.33. The number of hydrogen-bond acceptors (Lipinski definition) is 4. The van der Waals surface area contributed by atoms with Gasteiger partial charge in [0.2, 0.25) is 0 Å². The lowest BCUT2D eigenvalue weighted by Crippen LogP contribution is -2.61. The Hall–Kier alpha value is -11.1. The molecule has 2 aliphatic heterocycles. The highest BCUT2D eigenvalue weighted by atomic mass is 15.2. The first-order valence-corrected chi connectivity index (χ1v) is 34.0. The summed E-state index contributed by atoms with van der Waals surface area (Å²) in [6, 6.07) is 97.9. The van der Waals surface area contributed by atoms with Crippen LogP contribution in [0.2, 0.25) is 0 Å². The summed E-state index contributed by atoms with van der Waals surface area (Å²) in [6.07, 6.45) is 0. The molecule has 0 spiro atoms. The Balaban J connectivity index is 1.05. The molecule has 6 nitrogen and oxygen atoms in total. The Morgan fingerprint density at radius 2 is 0.680 bits per heavy atom. The van der Waals surface area contributed by atoms with Gasteiger partial charge in [0, 0.05) is 61.4 Å². The van der Waals surface area contributed by atoms with E-state index < -0.39 is 0 Å². The van der Waals surface area contributed by atoms with Crippen molar-refractivity contribution in [2.75, 3.05) is 9.80 Å². The molecular formula is C90H77BN6. The van der Waals surface area contributed by atoms with Gasteiger partial charge in [-0.1, -0.05) is 241 Å². The average Bonchev–Trinajstić information content (AvgIpc) is 1.47. The van der Waals surface area contributed by atoms with Crippen LogP contribution in [0.3, 0.4) is 0 Å². The summed E-state index contributed by atoms with van der Waals surface area (Å²) in [5.41, 5.74) is 27.6. The highest BCUT2D eigenvalue weighted by Gasteiger charge is 2.45. The van der Waals surface area contributed by atoms with Crippen molar-refractivity contribution in [1.82, 2.24) is 9.13 Å². The monoisotopic (exact) mass is 1250 g/mol. The van der Waals surface area contributed by atoms with Crippen molar-refractivity contribution in [1.29, 1.82) is 10.5 Å². The molecule has 97 heavy (non-hydrogen) atoms. The fourth-order valence-corrected chi connectivity index (χ4v) is 15.7. The SMILES string of the molecule is CC(C)(C)c1ccc2c(c1)c1cc(C(C)(C)C)ccc1n2-c1cc2c3c(c1)N(c1ccc(-c4ccccc4)cc1)c1cc(-n4c5ccc(C(C)(C)C)c(C#N)c5c5c(C#N)c(C(C)(C)C)ccc54)ccc1B3c1cc(-c3ccccc3)ccc1N2c1ccc(-c2ccccc2)cc1. The minimum absolute atomic E-state index is 0.0810. The summed E-state index contributed by atoms with van der Waals surface area (Å²) in [5, 5.41) is 27.0. The maximum absolute atomic E-state index is 11.5. The molecule has 0 bridgehead atoms. The highest BCUT2D eigenvalue weighted by Crippen LogP contribution is 2.50. The number of aromatic nitrogens is 2. The molecule has 16 rings (SSSR count). The van der Waals surface area contributed by atoms with Crippen molar-refractivity contribution in [2.45, 2.75) is 105 Å². The standard InChI is InChI=1S/C90H77BN6/c1-87(2,3)62-33-44-76-68(49-62)69-50-63(88(4,5)6)34-45-77(69)97(76)67-52-82-86-83(53-67)95(65-37-30-60(31-38-65)57-24-18-14-19-25-57)81-51-66(96-79-46-40-72(89(7,8)9)70(54-92)84(79)85-71(55-93)73(90(10,11)12)41-47-80(85)96)39-42-74(81)91(86)75-48-61(58-26-20-15-21-27-58)32-43-78(75)94(82)64-35-28-59(29-36-64)56-22-16-13-17-23-56/h13-53H,1-12H3. The number of hydrogen-bond donors (Lipinski definition) is 0. The van der Waals surface area contributed by atoms with E-state index in [-0.39, 0.29) is 28.4 Å². The number of fused-ring (bicyclic) bond motifs is 10. The fourth-order valence-electron chi connectivity index (χ4n) is 15.7. The number of anilines is 6. The maximum Gasteiger partial charge on any atom is 0.252 e. The van der Waals surface area contributed by atoms with Crippen LogP contribution in [-0.2, 0) is 21.7 Å². The van der Waals surface area contributed by atoms with E-state index in [0.717, 1.165) is 123 Å². The average molecular weight is 1250 g/mol. The van der Waals surface area contributed by atoms with E-state index in [0.29, 0.717) is 11.1 Å². The molecule has 0 saturated heterocycles. The third-order valence-corrected chi connectivity index (χ3v) is 20.6. The van der Waals surface area contributed by atoms with Crippen LogP contribution in [0, 0.1) is 22.7 Å². The highest BCUT2D eigenvalue weighted by molar-refractivity contribution is 7.00. The molecule has 0 radical (unpaired) electrons. The topological polar surface area (TPSA) is 63.9 Å². The van der Waals surface area contributed by atoms with Gasteiger partial charge in [-0.25, -0.2) is 0 Å². The Labute approximate surface area is 570 Å². The van der Waals surface area contributed by atoms with E-state index >= 15 is 0 Å². The molecule has 0 saturated carbocycles. The zero-order valence-corrected chi connectivity index (χ0v) is 57.4. The molecular weight excluding hydrogens is 1180 g/mol. The smallest absolute Gasteiger partial charge is 0.252 e. The summed E-state index contributed by atoms with van der Waals surface area (Å²) in [6.45, 7) is 26.6. The van der Waals surface area contributed by atoms with E-state index in [1.165, 1.54) is 38.4 Å². The second kappa shape index (κ2) is 22.2. The summed E-state index contributed by atoms with van der Waals surface area (Å²) in [4.78, 5) is 5.07. The lowest BCUT2D eigenvalue weighted by molar-refractivity contribution is 0.589. The molecule has 0 amide bonds. The van der Waals surface area contributed by atoms with Crippen molar-refractivity contribution in [3.63, 3.8) is 0 Å². The second-order valence-corrected chi connectivity index (χ2v) is 30.8. The first kappa shape index (κ1) is 60.8. The van der Waals surface area contributed by atoms with Gasteiger partial charge in [-0.3, -0.25) is 0 Å². The fraction of sp³-hybridized carbons (Fsp3) is 0.178. The van der Waals surface area contributed by atoms with Gasteiger partial charge < -0.3 is 18.9 Å². The molecule has 12 aromatic carbocycles. The molecule has 0 unspecified atom stereocenters. The Kier molecular flexibility index (Phi) is 13.9. The van der Waals surface area contributed by atoms with Crippen LogP contribution in [0.15, 0.2) is 249 Å². The zero-order valence-electron chi connectivity index (χ0n) is 57.4. The summed E-state index contributed by atoms with van der Waals surface area (Å²) < 4.78 is 4.84. The van der Waals surface area contributed by atoms with Crippen LogP contribution in [0.25, 0.3) is 88.4 Å². The number of nitriles is 2. The minimum Gasteiger partial charge on any atom is -0.311 e. The quantitative estimate of drug-likeness (QED) is 0.149. The molecule has 4 heterocycles. The van der Waals surface area contributed by atoms with Gasteiger partial charge in [0.05, 0.1) is 38.9 Å². The number of benzene rings is 12. The largest absolute Gasteiger partial charge is 0.311 e. The number of rotatable bonds is 7.